The maximum atomic E-state index is 13.1. The van der Waals surface area contributed by atoms with Crippen LogP contribution in [0, 0.1) is 12.3 Å². The number of hydrogen-bond acceptors (Lipinski definition) is 5. The third-order valence-electron chi connectivity index (χ3n) is 5.13. The van der Waals surface area contributed by atoms with Crippen LogP contribution in [0.25, 0.3) is 0 Å². The lowest BCUT2D eigenvalue weighted by Gasteiger charge is -2.11. The molecular formula is C19H22O5S. The molecule has 2 aromatic rings. The first-order chi connectivity index (χ1) is 11.9. The van der Waals surface area contributed by atoms with Crippen LogP contribution in [0.3, 0.4) is 0 Å². The summed E-state index contributed by atoms with van der Waals surface area (Å²) in [6.45, 7) is 1.10. The minimum atomic E-state index is -3.68. The van der Waals surface area contributed by atoms with Crippen molar-refractivity contribution in [3.05, 3.63) is 59.7 Å². The highest BCUT2D eigenvalue weighted by molar-refractivity contribution is 7.92. The van der Waals surface area contributed by atoms with Gasteiger partial charge in [-0.25, -0.2) is 8.42 Å². The SMILES string of the molecule is COc1ccc([C@H]2[C@H](S(=O)(=O)c3ccc(C)cc3)C2(CO)CO)cc1. The Labute approximate surface area is 147 Å². The number of rotatable bonds is 6. The molecule has 0 heterocycles. The molecule has 0 spiro atoms. The predicted molar refractivity (Wildman–Crippen MR) is 94.5 cm³/mol. The lowest BCUT2D eigenvalue weighted by atomic mass is 10.0. The Morgan fingerprint density at radius 3 is 2.04 bits per heavy atom. The fraction of sp³-hybridized carbons (Fsp3) is 0.368. The summed E-state index contributed by atoms with van der Waals surface area (Å²) in [4.78, 5) is 0.213. The second-order valence-electron chi connectivity index (χ2n) is 6.58. The van der Waals surface area contributed by atoms with Gasteiger partial charge in [0, 0.05) is 11.3 Å². The lowest BCUT2D eigenvalue weighted by Crippen LogP contribution is -2.23. The Balaban J connectivity index is 2.02. The minimum absolute atomic E-state index is 0.213. The molecule has 0 aliphatic heterocycles. The molecule has 25 heavy (non-hydrogen) atoms. The Morgan fingerprint density at radius 1 is 1.00 bits per heavy atom. The summed E-state index contributed by atoms with van der Waals surface area (Å²) < 4.78 is 31.3. The van der Waals surface area contributed by atoms with Crippen molar-refractivity contribution in [1.82, 2.24) is 0 Å². The number of methoxy groups -OCH3 is 1. The van der Waals surface area contributed by atoms with Crippen LogP contribution in [0.1, 0.15) is 17.0 Å². The fourth-order valence-corrected chi connectivity index (χ4v) is 5.99. The van der Waals surface area contributed by atoms with Crippen molar-refractivity contribution in [2.45, 2.75) is 23.0 Å². The number of ether oxygens (including phenoxy) is 1. The number of aliphatic hydroxyl groups excluding tert-OH is 2. The van der Waals surface area contributed by atoms with E-state index in [4.69, 9.17) is 4.74 Å². The Morgan fingerprint density at radius 2 is 1.56 bits per heavy atom. The standard InChI is InChI=1S/C19H22O5S/c1-13-3-9-16(10-4-13)25(22,23)18-17(19(18,11-20)12-21)14-5-7-15(24-2)8-6-14/h3-10,17-18,20-21H,11-12H2,1-2H3/t17-,18-/m0/s1. The van der Waals surface area contributed by atoms with Crippen LogP contribution in [-0.2, 0) is 9.84 Å². The van der Waals surface area contributed by atoms with Crippen LogP contribution in [0.2, 0.25) is 0 Å². The van der Waals surface area contributed by atoms with Gasteiger partial charge < -0.3 is 14.9 Å². The van der Waals surface area contributed by atoms with Crippen LogP contribution in [0.5, 0.6) is 5.75 Å². The first kappa shape index (κ1) is 17.9. The quantitative estimate of drug-likeness (QED) is 0.820. The summed E-state index contributed by atoms with van der Waals surface area (Å²) in [5.41, 5.74) is 0.666. The van der Waals surface area contributed by atoms with Gasteiger partial charge in [-0.1, -0.05) is 29.8 Å². The maximum absolute atomic E-state index is 13.1. The maximum Gasteiger partial charge on any atom is 0.182 e. The van der Waals surface area contributed by atoms with Gasteiger partial charge in [-0.15, -0.1) is 0 Å². The van der Waals surface area contributed by atoms with E-state index in [2.05, 4.69) is 0 Å². The zero-order chi connectivity index (χ0) is 18.2. The third-order valence-corrected chi connectivity index (χ3v) is 7.47. The smallest absolute Gasteiger partial charge is 0.182 e. The van der Waals surface area contributed by atoms with Gasteiger partial charge >= 0.3 is 0 Å². The van der Waals surface area contributed by atoms with E-state index in [1.54, 1.807) is 55.6 Å². The number of aryl methyl sites for hydroxylation is 1. The Bertz CT molecular complexity index is 836. The second kappa shape index (κ2) is 6.44. The van der Waals surface area contributed by atoms with Crippen LogP contribution in [0.15, 0.2) is 53.4 Å². The normalized spacial score (nSPS) is 21.8. The van der Waals surface area contributed by atoms with E-state index in [0.717, 1.165) is 11.1 Å². The molecule has 0 saturated heterocycles. The van der Waals surface area contributed by atoms with E-state index in [1.165, 1.54) is 0 Å². The largest absolute Gasteiger partial charge is 0.497 e. The van der Waals surface area contributed by atoms with E-state index in [9.17, 15) is 18.6 Å². The molecule has 1 aliphatic carbocycles. The van der Waals surface area contributed by atoms with E-state index in [0.29, 0.717) is 5.75 Å². The van der Waals surface area contributed by atoms with Crippen molar-refractivity contribution in [2.24, 2.45) is 5.41 Å². The Kier molecular flexibility index (Phi) is 4.62. The van der Waals surface area contributed by atoms with Crippen molar-refractivity contribution in [3.8, 4) is 5.75 Å². The van der Waals surface area contributed by atoms with Crippen molar-refractivity contribution in [3.63, 3.8) is 0 Å². The summed E-state index contributed by atoms with van der Waals surface area (Å²) >= 11 is 0. The highest BCUT2D eigenvalue weighted by Gasteiger charge is 2.70. The summed E-state index contributed by atoms with van der Waals surface area (Å²) in [7, 11) is -2.12. The van der Waals surface area contributed by atoms with Gasteiger partial charge in [-0.2, -0.15) is 0 Å². The van der Waals surface area contributed by atoms with Gasteiger partial charge in [-0.3, -0.25) is 0 Å². The molecule has 1 aliphatic rings. The van der Waals surface area contributed by atoms with Crippen LogP contribution >= 0.6 is 0 Å². The third kappa shape index (κ3) is 2.84. The minimum Gasteiger partial charge on any atom is -0.497 e. The summed E-state index contributed by atoms with van der Waals surface area (Å²) in [5, 5.41) is 18.9. The van der Waals surface area contributed by atoms with Crippen LogP contribution in [0.4, 0.5) is 0 Å². The van der Waals surface area contributed by atoms with Crippen LogP contribution < -0.4 is 4.74 Å². The molecule has 5 nitrogen and oxygen atoms in total. The van der Waals surface area contributed by atoms with E-state index in [1.807, 2.05) is 6.92 Å². The van der Waals surface area contributed by atoms with Crippen molar-refractivity contribution < 1.29 is 23.4 Å². The molecule has 0 aromatic heterocycles. The van der Waals surface area contributed by atoms with Gasteiger partial charge in [0.05, 0.1) is 30.5 Å². The number of benzene rings is 2. The summed E-state index contributed by atoms with van der Waals surface area (Å²) in [5.74, 6) is 0.209. The van der Waals surface area contributed by atoms with E-state index in [-0.39, 0.29) is 4.90 Å². The summed E-state index contributed by atoms with van der Waals surface area (Å²) in [6, 6.07) is 13.7. The lowest BCUT2D eigenvalue weighted by molar-refractivity contribution is 0.130. The molecule has 0 unspecified atom stereocenters. The number of sulfone groups is 1. The topological polar surface area (TPSA) is 83.8 Å². The first-order valence-corrected chi connectivity index (χ1v) is 9.61. The molecule has 2 aromatic carbocycles. The fourth-order valence-electron chi connectivity index (χ4n) is 3.56. The predicted octanol–water partition coefficient (Wildman–Crippen LogP) is 1.91. The van der Waals surface area contributed by atoms with Crippen LogP contribution in [-0.4, -0.2) is 44.2 Å². The molecule has 2 atom stereocenters. The van der Waals surface area contributed by atoms with Gasteiger partial charge in [0.15, 0.2) is 9.84 Å². The highest BCUT2D eigenvalue weighted by Crippen LogP contribution is 2.63. The number of aliphatic hydroxyl groups is 2. The molecule has 1 saturated carbocycles. The van der Waals surface area contributed by atoms with Crippen molar-refractivity contribution in [1.29, 1.82) is 0 Å². The van der Waals surface area contributed by atoms with Gasteiger partial charge in [0.25, 0.3) is 0 Å². The zero-order valence-corrected chi connectivity index (χ0v) is 15.0. The molecule has 6 heteroatoms. The molecular weight excluding hydrogens is 340 g/mol. The highest BCUT2D eigenvalue weighted by atomic mass is 32.2. The molecule has 2 N–H and O–H groups in total. The van der Waals surface area contributed by atoms with Gasteiger partial charge in [0.1, 0.15) is 5.75 Å². The molecule has 3 rings (SSSR count). The molecule has 0 amide bonds. The average molecular weight is 362 g/mol. The van der Waals surface area contributed by atoms with Gasteiger partial charge in [-0.05, 0) is 36.8 Å². The molecule has 0 radical (unpaired) electrons. The molecule has 134 valence electrons. The monoisotopic (exact) mass is 362 g/mol. The van der Waals surface area contributed by atoms with E-state index >= 15 is 0 Å². The average Bonchev–Trinajstić information content (AvgIpc) is 3.33. The molecule has 0 bridgehead atoms. The van der Waals surface area contributed by atoms with Crippen molar-refractivity contribution >= 4 is 9.84 Å². The van der Waals surface area contributed by atoms with Crippen molar-refractivity contribution in [2.75, 3.05) is 20.3 Å². The first-order valence-electron chi connectivity index (χ1n) is 8.07. The second-order valence-corrected chi connectivity index (χ2v) is 8.65. The summed E-state index contributed by atoms with van der Waals surface area (Å²) in [6.07, 6.45) is 0. The molecule has 1 fully saturated rings. The number of hydrogen-bond donors (Lipinski definition) is 2. The Hall–Kier alpha value is -1.89. The van der Waals surface area contributed by atoms with Gasteiger partial charge in [0.2, 0.25) is 0 Å². The zero-order valence-electron chi connectivity index (χ0n) is 14.2. The van der Waals surface area contributed by atoms with E-state index < -0.39 is 39.6 Å².